The van der Waals surface area contributed by atoms with Crippen molar-refractivity contribution in [3.8, 4) is 0 Å². The van der Waals surface area contributed by atoms with Gasteiger partial charge in [0.15, 0.2) is 0 Å². The van der Waals surface area contributed by atoms with E-state index < -0.39 is 23.9 Å². The number of nitrogens with zero attached hydrogens (tertiary/aromatic N) is 2. The number of hydrogen-bond acceptors (Lipinski definition) is 4. The topological polar surface area (TPSA) is 98.9 Å². The van der Waals surface area contributed by atoms with Crippen LogP contribution in [0.4, 0.5) is 9.18 Å². The highest BCUT2D eigenvalue weighted by atomic mass is 19.1. The third-order valence-corrected chi connectivity index (χ3v) is 4.19. The zero-order valence-corrected chi connectivity index (χ0v) is 13.1. The van der Waals surface area contributed by atoms with E-state index in [1.165, 1.54) is 29.2 Å². The lowest BCUT2D eigenvalue weighted by Crippen LogP contribution is -2.60. The molecule has 8 heteroatoms. The van der Waals surface area contributed by atoms with E-state index in [9.17, 15) is 19.1 Å². The van der Waals surface area contributed by atoms with Crippen molar-refractivity contribution in [1.82, 2.24) is 15.2 Å². The molecule has 1 saturated heterocycles. The molecule has 0 bridgehead atoms. The van der Waals surface area contributed by atoms with E-state index in [1.807, 2.05) is 11.8 Å². The van der Waals surface area contributed by atoms with Crippen molar-refractivity contribution in [3.63, 3.8) is 0 Å². The quantitative estimate of drug-likeness (QED) is 0.436. The normalized spacial score (nSPS) is 23.4. The minimum atomic E-state index is -0.981. The Balaban J connectivity index is 2.31. The van der Waals surface area contributed by atoms with Gasteiger partial charge in [0.2, 0.25) is 0 Å². The van der Waals surface area contributed by atoms with E-state index in [2.05, 4.69) is 5.43 Å². The first-order valence-corrected chi connectivity index (χ1v) is 7.36. The SMILES string of the molecule is CC1CN(C(=O)O)[C@@H](C)CN1C(C(=O)NN)c1ccc(F)cc1. The number of amides is 2. The second-order valence-corrected chi connectivity index (χ2v) is 5.79. The lowest BCUT2D eigenvalue weighted by molar-refractivity contribution is -0.129. The molecule has 1 fully saturated rings. The maximum Gasteiger partial charge on any atom is 0.407 e. The zero-order chi connectivity index (χ0) is 17.1. The summed E-state index contributed by atoms with van der Waals surface area (Å²) in [5.74, 6) is 4.49. The summed E-state index contributed by atoms with van der Waals surface area (Å²) in [6, 6.07) is 4.49. The molecule has 2 rings (SSSR count). The monoisotopic (exact) mass is 324 g/mol. The fraction of sp³-hybridized carbons (Fsp3) is 0.467. The Kier molecular flexibility index (Phi) is 5.17. The first-order valence-electron chi connectivity index (χ1n) is 7.36. The highest BCUT2D eigenvalue weighted by Crippen LogP contribution is 2.28. The number of carbonyl (C=O) groups is 2. The van der Waals surface area contributed by atoms with E-state index in [0.29, 0.717) is 12.1 Å². The standard InChI is InChI=1S/C15H21FN4O3/c1-9-8-20(15(22)23)10(2)7-19(9)13(14(21)18-17)11-3-5-12(16)6-4-11/h3-6,9-10,13H,7-8,17H2,1-2H3,(H,18,21)(H,22,23)/t9?,10-,13?/m0/s1. The number of carboxylic acid groups (broad SMARTS) is 1. The van der Waals surface area contributed by atoms with Crippen molar-refractivity contribution in [2.75, 3.05) is 13.1 Å². The minimum Gasteiger partial charge on any atom is -0.465 e. The summed E-state index contributed by atoms with van der Waals surface area (Å²) in [7, 11) is 0. The van der Waals surface area contributed by atoms with Crippen molar-refractivity contribution in [3.05, 3.63) is 35.6 Å². The van der Waals surface area contributed by atoms with Crippen LogP contribution in [0.15, 0.2) is 24.3 Å². The van der Waals surface area contributed by atoms with Gasteiger partial charge in [-0.3, -0.25) is 15.1 Å². The Hall–Kier alpha value is -2.19. The van der Waals surface area contributed by atoms with Gasteiger partial charge in [-0.15, -0.1) is 0 Å². The number of nitrogens with one attached hydrogen (secondary N) is 1. The van der Waals surface area contributed by atoms with Gasteiger partial charge in [0, 0.05) is 25.2 Å². The van der Waals surface area contributed by atoms with Crippen LogP contribution in [0.25, 0.3) is 0 Å². The second kappa shape index (κ2) is 6.93. The molecule has 1 aromatic carbocycles. The smallest absolute Gasteiger partial charge is 0.407 e. The number of hydrazine groups is 1. The molecule has 0 radical (unpaired) electrons. The Morgan fingerprint density at radius 2 is 1.87 bits per heavy atom. The number of benzene rings is 1. The van der Waals surface area contributed by atoms with Crippen LogP contribution in [-0.4, -0.2) is 52.1 Å². The predicted octanol–water partition coefficient (Wildman–Crippen LogP) is 0.929. The number of rotatable bonds is 3. The molecule has 7 nitrogen and oxygen atoms in total. The Morgan fingerprint density at radius 1 is 1.26 bits per heavy atom. The van der Waals surface area contributed by atoms with Gasteiger partial charge in [-0.1, -0.05) is 12.1 Å². The number of nitrogens with two attached hydrogens (primary N) is 1. The number of piperazine rings is 1. The number of hydrogen-bond donors (Lipinski definition) is 3. The molecule has 1 heterocycles. The molecule has 0 spiro atoms. The molecule has 23 heavy (non-hydrogen) atoms. The molecule has 3 atom stereocenters. The van der Waals surface area contributed by atoms with Crippen LogP contribution in [0.5, 0.6) is 0 Å². The van der Waals surface area contributed by atoms with Gasteiger partial charge >= 0.3 is 6.09 Å². The molecule has 2 unspecified atom stereocenters. The molecule has 2 amide bonds. The Morgan fingerprint density at radius 3 is 2.39 bits per heavy atom. The van der Waals surface area contributed by atoms with E-state index in [0.717, 1.165) is 0 Å². The summed E-state index contributed by atoms with van der Waals surface area (Å²) in [5.41, 5.74) is 2.75. The molecule has 0 aliphatic carbocycles. The van der Waals surface area contributed by atoms with Crippen LogP contribution in [0, 0.1) is 5.82 Å². The van der Waals surface area contributed by atoms with Crippen LogP contribution in [0.3, 0.4) is 0 Å². The van der Waals surface area contributed by atoms with Gasteiger partial charge in [0.1, 0.15) is 11.9 Å². The van der Waals surface area contributed by atoms with Gasteiger partial charge in [0.25, 0.3) is 5.91 Å². The van der Waals surface area contributed by atoms with Gasteiger partial charge in [-0.05, 0) is 31.5 Å². The molecule has 4 N–H and O–H groups in total. The predicted molar refractivity (Wildman–Crippen MR) is 81.8 cm³/mol. The average Bonchev–Trinajstić information content (AvgIpc) is 2.51. The molecule has 126 valence electrons. The van der Waals surface area contributed by atoms with E-state index >= 15 is 0 Å². The summed E-state index contributed by atoms with van der Waals surface area (Å²) in [6.45, 7) is 4.30. The molecule has 0 saturated carbocycles. The summed E-state index contributed by atoms with van der Waals surface area (Å²) in [4.78, 5) is 26.8. The lowest BCUT2D eigenvalue weighted by atomic mass is 9.99. The van der Waals surface area contributed by atoms with Crippen LogP contribution in [-0.2, 0) is 4.79 Å². The van der Waals surface area contributed by atoms with Crippen LogP contribution in [0.1, 0.15) is 25.5 Å². The molecule has 0 aromatic heterocycles. The van der Waals surface area contributed by atoms with E-state index in [1.54, 1.807) is 6.92 Å². The highest BCUT2D eigenvalue weighted by molar-refractivity contribution is 5.82. The second-order valence-electron chi connectivity index (χ2n) is 5.79. The third kappa shape index (κ3) is 3.59. The number of halogens is 1. The van der Waals surface area contributed by atoms with Gasteiger partial charge in [-0.25, -0.2) is 15.0 Å². The third-order valence-electron chi connectivity index (χ3n) is 4.19. The fourth-order valence-corrected chi connectivity index (χ4v) is 3.00. The lowest BCUT2D eigenvalue weighted by Gasteiger charge is -2.45. The number of carbonyl (C=O) groups excluding carboxylic acids is 1. The van der Waals surface area contributed by atoms with Gasteiger partial charge in [0.05, 0.1) is 0 Å². The van der Waals surface area contributed by atoms with Crippen LogP contribution in [0.2, 0.25) is 0 Å². The van der Waals surface area contributed by atoms with Crippen LogP contribution < -0.4 is 11.3 Å². The minimum absolute atomic E-state index is 0.186. The maximum atomic E-state index is 13.1. The average molecular weight is 324 g/mol. The molecular weight excluding hydrogens is 303 g/mol. The van der Waals surface area contributed by atoms with E-state index in [-0.39, 0.29) is 18.6 Å². The summed E-state index contributed by atoms with van der Waals surface area (Å²) in [6.07, 6.45) is -0.981. The molecular formula is C15H21FN4O3. The maximum absolute atomic E-state index is 13.1. The first-order chi connectivity index (χ1) is 10.8. The zero-order valence-electron chi connectivity index (χ0n) is 13.1. The fourth-order valence-electron chi connectivity index (χ4n) is 3.00. The summed E-state index contributed by atoms with van der Waals surface area (Å²) < 4.78 is 13.1. The van der Waals surface area contributed by atoms with Crippen molar-refractivity contribution in [1.29, 1.82) is 0 Å². The summed E-state index contributed by atoms with van der Waals surface area (Å²) in [5, 5.41) is 9.22. The summed E-state index contributed by atoms with van der Waals surface area (Å²) >= 11 is 0. The van der Waals surface area contributed by atoms with Crippen LogP contribution >= 0.6 is 0 Å². The van der Waals surface area contributed by atoms with Crippen molar-refractivity contribution in [2.24, 2.45) is 5.84 Å². The first kappa shape index (κ1) is 17.2. The Bertz CT molecular complexity index is 581. The van der Waals surface area contributed by atoms with E-state index in [4.69, 9.17) is 5.84 Å². The van der Waals surface area contributed by atoms with Gasteiger partial charge < -0.3 is 10.0 Å². The van der Waals surface area contributed by atoms with Gasteiger partial charge in [-0.2, -0.15) is 0 Å². The highest BCUT2D eigenvalue weighted by Gasteiger charge is 2.38. The van der Waals surface area contributed by atoms with Crippen molar-refractivity contribution < 1.29 is 19.1 Å². The Labute approximate surface area is 133 Å². The van der Waals surface area contributed by atoms with Crippen molar-refractivity contribution >= 4 is 12.0 Å². The largest absolute Gasteiger partial charge is 0.465 e. The van der Waals surface area contributed by atoms with Crippen molar-refractivity contribution in [2.45, 2.75) is 32.0 Å². The molecule has 1 aliphatic heterocycles. The molecule has 1 aliphatic rings. The molecule has 1 aromatic rings.